The van der Waals surface area contributed by atoms with Crippen molar-refractivity contribution in [1.29, 1.82) is 0 Å². The van der Waals surface area contributed by atoms with Gasteiger partial charge in [0.2, 0.25) is 5.95 Å². The quantitative estimate of drug-likeness (QED) is 0.431. The van der Waals surface area contributed by atoms with Crippen LogP contribution in [0.25, 0.3) is 11.0 Å². The SMILES string of the molecule is [O-][S+]1CCN(c2nc(NCCO)nc3c(Sc4ccc(Cl)cc4)ncnc23)CC1. The molecule has 0 radical (unpaired) electrons. The Balaban J connectivity index is 1.76. The Morgan fingerprint density at radius 1 is 1.14 bits per heavy atom. The molecule has 0 aliphatic carbocycles. The number of aliphatic hydroxyl groups is 1. The largest absolute Gasteiger partial charge is 0.616 e. The van der Waals surface area contributed by atoms with Crippen molar-refractivity contribution in [2.45, 2.75) is 9.92 Å². The molecule has 3 heterocycles. The number of benzene rings is 1. The van der Waals surface area contributed by atoms with Gasteiger partial charge in [-0.1, -0.05) is 34.5 Å². The smallest absolute Gasteiger partial charge is 0.225 e. The summed E-state index contributed by atoms with van der Waals surface area (Å²) in [5, 5.41) is 13.6. The molecule has 2 aromatic heterocycles. The van der Waals surface area contributed by atoms with Gasteiger partial charge in [0.1, 0.15) is 33.9 Å². The van der Waals surface area contributed by atoms with Gasteiger partial charge in [-0.05, 0) is 24.3 Å². The number of nitrogens with one attached hydrogen (secondary N) is 1. The predicted octanol–water partition coefficient (Wildman–Crippen LogP) is 2.20. The van der Waals surface area contributed by atoms with Crippen LogP contribution in [-0.4, -0.2) is 67.3 Å². The minimum absolute atomic E-state index is 0.0307. The van der Waals surface area contributed by atoms with Crippen molar-refractivity contribution in [3.63, 3.8) is 0 Å². The van der Waals surface area contributed by atoms with Gasteiger partial charge in [0, 0.05) is 16.5 Å². The van der Waals surface area contributed by atoms with Crippen LogP contribution in [-0.2, 0) is 11.2 Å². The Bertz CT molecular complexity index is 986. The van der Waals surface area contributed by atoms with Gasteiger partial charge in [-0.25, -0.2) is 15.0 Å². The fraction of sp³-hybridized carbons (Fsp3) is 0.333. The molecule has 1 saturated heterocycles. The summed E-state index contributed by atoms with van der Waals surface area (Å²) in [4.78, 5) is 21.2. The molecule has 1 aromatic carbocycles. The van der Waals surface area contributed by atoms with E-state index in [9.17, 15) is 4.55 Å². The fourth-order valence-corrected chi connectivity index (χ4v) is 4.93. The lowest BCUT2D eigenvalue weighted by molar-refractivity contribution is 0.311. The highest BCUT2D eigenvalue weighted by atomic mass is 35.5. The zero-order chi connectivity index (χ0) is 20.2. The number of anilines is 2. The molecule has 1 aliphatic heterocycles. The van der Waals surface area contributed by atoms with Crippen LogP contribution in [0.5, 0.6) is 0 Å². The molecule has 2 N–H and O–H groups in total. The Hall–Kier alpha value is -1.85. The Morgan fingerprint density at radius 3 is 2.62 bits per heavy atom. The van der Waals surface area contributed by atoms with E-state index in [4.69, 9.17) is 16.7 Å². The zero-order valence-electron chi connectivity index (χ0n) is 15.4. The highest BCUT2D eigenvalue weighted by molar-refractivity contribution is 7.99. The summed E-state index contributed by atoms with van der Waals surface area (Å²) in [5.74, 6) is 2.29. The van der Waals surface area contributed by atoms with E-state index in [1.165, 1.54) is 18.1 Å². The third-order valence-electron chi connectivity index (χ3n) is 4.33. The Labute approximate surface area is 180 Å². The first-order valence-electron chi connectivity index (χ1n) is 9.05. The lowest BCUT2D eigenvalue weighted by atomic mass is 10.3. The van der Waals surface area contributed by atoms with Gasteiger partial charge in [-0.15, -0.1) is 0 Å². The molecule has 1 aliphatic rings. The van der Waals surface area contributed by atoms with Gasteiger partial charge < -0.3 is 19.9 Å². The van der Waals surface area contributed by atoms with Crippen LogP contribution in [0.3, 0.4) is 0 Å². The van der Waals surface area contributed by atoms with Crippen LogP contribution in [0.1, 0.15) is 0 Å². The molecule has 4 rings (SSSR count). The highest BCUT2D eigenvalue weighted by Gasteiger charge is 2.24. The second-order valence-electron chi connectivity index (χ2n) is 6.29. The van der Waals surface area contributed by atoms with E-state index in [2.05, 4.69) is 30.2 Å². The number of nitrogens with zero attached hydrogens (tertiary/aromatic N) is 5. The number of rotatable bonds is 6. The van der Waals surface area contributed by atoms with Crippen LogP contribution in [0.2, 0.25) is 5.02 Å². The van der Waals surface area contributed by atoms with Gasteiger partial charge in [-0.3, -0.25) is 0 Å². The second kappa shape index (κ2) is 9.31. The second-order valence-corrected chi connectivity index (χ2v) is 9.48. The van der Waals surface area contributed by atoms with E-state index < -0.39 is 11.2 Å². The first-order chi connectivity index (χ1) is 14.1. The molecular weight excluding hydrogens is 432 g/mol. The number of aromatic nitrogens is 4. The van der Waals surface area contributed by atoms with Crippen LogP contribution in [0.4, 0.5) is 11.8 Å². The van der Waals surface area contributed by atoms with Crippen molar-refractivity contribution in [2.24, 2.45) is 0 Å². The van der Waals surface area contributed by atoms with Crippen LogP contribution >= 0.6 is 23.4 Å². The fourth-order valence-electron chi connectivity index (χ4n) is 2.92. The molecule has 0 bridgehead atoms. The van der Waals surface area contributed by atoms with Crippen molar-refractivity contribution in [2.75, 3.05) is 48.0 Å². The number of fused-ring (bicyclic) bond motifs is 1. The van der Waals surface area contributed by atoms with Crippen molar-refractivity contribution in [3.05, 3.63) is 35.6 Å². The van der Waals surface area contributed by atoms with Crippen molar-refractivity contribution in [1.82, 2.24) is 19.9 Å². The molecule has 8 nitrogen and oxygen atoms in total. The maximum Gasteiger partial charge on any atom is 0.225 e. The van der Waals surface area contributed by atoms with Gasteiger partial charge in [0.05, 0.1) is 19.7 Å². The van der Waals surface area contributed by atoms with Gasteiger partial charge in [0.25, 0.3) is 0 Å². The maximum absolute atomic E-state index is 11.8. The molecule has 0 atom stereocenters. The Kier molecular flexibility index (Phi) is 6.56. The standard InChI is InChI=1S/C18H19ClN6O2S2/c19-12-1-3-13(4-2-12)28-17-15-14(21-11-22-17)16(24-18(23-15)20-5-8-26)25-6-9-29(27)10-7-25/h1-4,11,26H,5-10H2,(H,20,23,24). The first kappa shape index (κ1) is 20.4. The molecule has 0 saturated carbocycles. The highest BCUT2D eigenvalue weighted by Crippen LogP contribution is 2.34. The number of aliphatic hydroxyl groups excluding tert-OH is 1. The summed E-state index contributed by atoms with van der Waals surface area (Å²) >= 11 is 6.66. The number of hydrogen-bond donors (Lipinski definition) is 2. The van der Waals surface area contributed by atoms with Gasteiger partial charge >= 0.3 is 0 Å². The first-order valence-corrected chi connectivity index (χ1v) is 11.7. The zero-order valence-corrected chi connectivity index (χ0v) is 17.8. The topological polar surface area (TPSA) is 110 Å². The molecule has 0 spiro atoms. The lowest BCUT2D eigenvalue weighted by Crippen LogP contribution is -2.41. The molecule has 152 valence electrons. The normalized spacial score (nSPS) is 15.1. The third kappa shape index (κ3) is 4.84. The van der Waals surface area contributed by atoms with Gasteiger partial charge in [0.15, 0.2) is 5.82 Å². The Morgan fingerprint density at radius 2 is 1.90 bits per heavy atom. The summed E-state index contributed by atoms with van der Waals surface area (Å²) in [5.41, 5.74) is 1.28. The van der Waals surface area contributed by atoms with E-state index in [1.54, 1.807) is 0 Å². The predicted molar refractivity (Wildman–Crippen MR) is 116 cm³/mol. The maximum atomic E-state index is 11.8. The minimum Gasteiger partial charge on any atom is -0.616 e. The number of halogens is 1. The molecule has 0 amide bonds. The summed E-state index contributed by atoms with van der Waals surface area (Å²) < 4.78 is 11.8. The van der Waals surface area contributed by atoms with Gasteiger partial charge in [-0.2, -0.15) is 4.98 Å². The summed E-state index contributed by atoms with van der Waals surface area (Å²) in [7, 11) is 0. The lowest BCUT2D eigenvalue weighted by Gasteiger charge is -2.29. The number of hydrogen-bond acceptors (Lipinski definition) is 9. The van der Waals surface area contributed by atoms with Crippen LogP contribution < -0.4 is 10.2 Å². The monoisotopic (exact) mass is 450 g/mol. The summed E-state index contributed by atoms with van der Waals surface area (Å²) in [6, 6.07) is 7.51. The van der Waals surface area contributed by atoms with Crippen LogP contribution in [0.15, 0.2) is 40.5 Å². The molecule has 11 heteroatoms. The van der Waals surface area contributed by atoms with Crippen molar-refractivity contribution in [3.8, 4) is 0 Å². The van der Waals surface area contributed by atoms with E-state index >= 15 is 0 Å². The van der Waals surface area contributed by atoms with E-state index in [1.807, 2.05) is 24.3 Å². The molecule has 1 fully saturated rings. The van der Waals surface area contributed by atoms with Crippen molar-refractivity contribution >= 4 is 57.3 Å². The molecular formula is C18H19ClN6O2S2. The van der Waals surface area contributed by atoms with E-state index in [0.29, 0.717) is 64.0 Å². The third-order valence-corrected chi connectivity index (χ3v) is 6.86. The van der Waals surface area contributed by atoms with Crippen molar-refractivity contribution < 1.29 is 9.66 Å². The van der Waals surface area contributed by atoms with E-state index in [0.717, 1.165) is 4.90 Å². The molecule has 0 unspecified atom stereocenters. The average molecular weight is 451 g/mol. The summed E-state index contributed by atoms with van der Waals surface area (Å²) in [6.45, 7) is 1.59. The molecule has 3 aromatic rings. The molecule has 29 heavy (non-hydrogen) atoms. The summed E-state index contributed by atoms with van der Waals surface area (Å²) in [6.07, 6.45) is 1.51. The van der Waals surface area contributed by atoms with Crippen LogP contribution in [0, 0.1) is 0 Å². The average Bonchev–Trinajstić information content (AvgIpc) is 2.74. The minimum atomic E-state index is -0.793. The van der Waals surface area contributed by atoms with E-state index in [-0.39, 0.29) is 6.61 Å².